The lowest BCUT2D eigenvalue weighted by Gasteiger charge is -2.29. The number of carbonyl (C=O) groups excluding carboxylic acids is 3. The van der Waals surface area contributed by atoms with Crippen LogP contribution in [0.2, 0.25) is 0 Å². The van der Waals surface area contributed by atoms with Gasteiger partial charge in [-0.2, -0.15) is 0 Å². The molecule has 6 nitrogen and oxygen atoms in total. The van der Waals surface area contributed by atoms with E-state index in [1.165, 1.54) is 4.90 Å². The Balaban J connectivity index is 1.25. The summed E-state index contributed by atoms with van der Waals surface area (Å²) in [6.45, 7) is 0.455. The molecule has 41 heavy (non-hydrogen) atoms. The fourth-order valence-electron chi connectivity index (χ4n) is 5.45. The number of benzene rings is 5. The van der Waals surface area contributed by atoms with Crippen LogP contribution in [0.25, 0.3) is 21.9 Å². The normalized spacial score (nSPS) is 12.5. The number of hydrogen-bond acceptors (Lipinski definition) is 4. The maximum atomic E-state index is 13.9. The van der Waals surface area contributed by atoms with E-state index in [2.05, 4.69) is 0 Å². The first-order valence-corrected chi connectivity index (χ1v) is 13.5. The third-order valence-electron chi connectivity index (χ3n) is 7.48. The molecule has 0 N–H and O–H groups in total. The summed E-state index contributed by atoms with van der Waals surface area (Å²) < 4.78 is 5.58. The van der Waals surface area contributed by atoms with Crippen molar-refractivity contribution in [2.75, 3.05) is 25.1 Å². The summed E-state index contributed by atoms with van der Waals surface area (Å²) in [5, 5.41) is 1.57. The number of carbonyl (C=O) groups is 3. The first-order chi connectivity index (χ1) is 20.1. The number of nitrogens with zero attached hydrogens (tertiary/aromatic N) is 2. The zero-order valence-electron chi connectivity index (χ0n) is 22.6. The molecule has 0 saturated carbocycles. The van der Waals surface area contributed by atoms with Crippen LogP contribution in [0.1, 0.15) is 37.5 Å². The van der Waals surface area contributed by atoms with Gasteiger partial charge < -0.3 is 9.64 Å². The number of rotatable bonds is 8. The lowest BCUT2D eigenvalue weighted by molar-refractivity contribution is 0.0610. The third-order valence-corrected chi connectivity index (χ3v) is 7.48. The third kappa shape index (κ3) is 4.85. The van der Waals surface area contributed by atoms with Crippen LogP contribution >= 0.6 is 0 Å². The molecular formula is C35H28N2O4. The Bertz CT molecular complexity index is 1710. The molecule has 0 spiro atoms. The number of methoxy groups -OCH3 is 1. The SMILES string of the molecule is COc1ccccc1N(CCCN1C(=O)c2cccc3cccc(c23)C1=O)C(=O)c1ccc(-c2ccccc2)cc1. The maximum Gasteiger partial charge on any atom is 0.261 e. The van der Waals surface area contributed by atoms with Crippen molar-refractivity contribution < 1.29 is 19.1 Å². The minimum atomic E-state index is -0.314. The van der Waals surface area contributed by atoms with E-state index in [1.54, 1.807) is 24.1 Å². The second-order valence-electron chi connectivity index (χ2n) is 9.90. The fraction of sp³-hybridized carbons (Fsp3) is 0.114. The average molecular weight is 541 g/mol. The molecule has 6 heteroatoms. The Hall–Kier alpha value is -5.23. The smallest absolute Gasteiger partial charge is 0.261 e. The van der Waals surface area contributed by atoms with Crippen LogP contribution in [0.4, 0.5) is 5.69 Å². The summed E-state index contributed by atoms with van der Waals surface area (Å²) in [4.78, 5) is 43.6. The van der Waals surface area contributed by atoms with Gasteiger partial charge in [0.2, 0.25) is 0 Å². The predicted molar refractivity (Wildman–Crippen MR) is 160 cm³/mol. The molecular weight excluding hydrogens is 512 g/mol. The molecule has 1 heterocycles. The molecule has 5 aromatic rings. The van der Waals surface area contributed by atoms with Gasteiger partial charge in [0.15, 0.2) is 0 Å². The van der Waals surface area contributed by atoms with Crippen molar-refractivity contribution in [1.29, 1.82) is 0 Å². The Morgan fingerprint density at radius 1 is 0.707 bits per heavy atom. The summed E-state index contributed by atoms with van der Waals surface area (Å²) in [6, 6.07) is 35.8. The minimum absolute atomic E-state index is 0.175. The van der Waals surface area contributed by atoms with Crippen molar-refractivity contribution in [3.8, 4) is 16.9 Å². The average Bonchev–Trinajstić information content (AvgIpc) is 3.03. The van der Waals surface area contributed by atoms with E-state index in [1.807, 2.05) is 103 Å². The van der Waals surface area contributed by atoms with Gasteiger partial charge in [-0.3, -0.25) is 19.3 Å². The van der Waals surface area contributed by atoms with Crippen LogP contribution in [-0.4, -0.2) is 42.8 Å². The first-order valence-electron chi connectivity index (χ1n) is 13.5. The van der Waals surface area contributed by atoms with E-state index in [-0.39, 0.29) is 30.8 Å². The van der Waals surface area contributed by atoms with E-state index >= 15 is 0 Å². The molecule has 0 bridgehead atoms. The Labute approximate surface area is 238 Å². The zero-order chi connectivity index (χ0) is 28.3. The molecule has 0 aromatic heterocycles. The van der Waals surface area contributed by atoms with Crippen LogP contribution in [0, 0.1) is 0 Å². The van der Waals surface area contributed by atoms with Gasteiger partial charge in [-0.1, -0.05) is 78.9 Å². The molecule has 0 atom stereocenters. The summed E-state index contributed by atoms with van der Waals surface area (Å²) in [6.07, 6.45) is 0.390. The molecule has 0 aliphatic carbocycles. The van der Waals surface area contributed by atoms with Crippen molar-refractivity contribution >= 4 is 34.2 Å². The van der Waals surface area contributed by atoms with E-state index in [0.29, 0.717) is 39.9 Å². The van der Waals surface area contributed by atoms with Gasteiger partial charge in [-0.25, -0.2) is 0 Å². The summed E-state index contributed by atoms with van der Waals surface area (Å²) in [5.74, 6) is -0.259. The number of hydrogen-bond donors (Lipinski definition) is 0. The van der Waals surface area contributed by atoms with Gasteiger partial charge >= 0.3 is 0 Å². The Kier molecular flexibility index (Phi) is 7.04. The number of ether oxygens (including phenoxy) is 1. The van der Waals surface area contributed by atoms with E-state index in [9.17, 15) is 14.4 Å². The fourth-order valence-corrected chi connectivity index (χ4v) is 5.45. The highest BCUT2D eigenvalue weighted by molar-refractivity contribution is 6.25. The van der Waals surface area contributed by atoms with Crippen LogP contribution in [0.5, 0.6) is 5.75 Å². The van der Waals surface area contributed by atoms with Crippen molar-refractivity contribution in [2.24, 2.45) is 0 Å². The first kappa shape index (κ1) is 26.0. The van der Waals surface area contributed by atoms with Crippen molar-refractivity contribution in [3.63, 3.8) is 0 Å². The van der Waals surface area contributed by atoms with Crippen LogP contribution in [-0.2, 0) is 0 Å². The summed E-state index contributed by atoms with van der Waals surface area (Å²) >= 11 is 0. The highest BCUT2D eigenvalue weighted by Gasteiger charge is 2.32. The molecule has 5 aromatic carbocycles. The Morgan fingerprint density at radius 3 is 1.98 bits per heavy atom. The van der Waals surface area contributed by atoms with E-state index in [0.717, 1.165) is 16.5 Å². The lowest BCUT2D eigenvalue weighted by Crippen LogP contribution is -2.42. The quantitative estimate of drug-likeness (QED) is 0.202. The van der Waals surface area contributed by atoms with Gasteiger partial charge in [0.1, 0.15) is 5.75 Å². The second-order valence-corrected chi connectivity index (χ2v) is 9.90. The van der Waals surface area contributed by atoms with E-state index in [4.69, 9.17) is 4.74 Å². The van der Waals surface area contributed by atoms with Gasteiger partial charge in [-0.15, -0.1) is 0 Å². The zero-order valence-corrected chi connectivity index (χ0v) is 22.6. The Morgan fingerprint density at radius 2 is 1.32 bits per heavy atom. The van der Waals surface area contributed by atoms with Crippen molar-refractivity contribution in [1.82, 2.24) is 4.90 Å². The molecule has 0 fully saturated rings. The number of para-hydroxylation sites is 2. The standard InChI is InChI=1S/C35H28N2O4/c1-41-31-17-6-5-16-30(31)36(33(38)27-20-18-25(19-21-27)24-10-3-2-4-11-24)22-9-23-37-34(39)28-14-7-12-26-13-8-15-29(32(26)28)35(37)40/h2-8,10-21H,9,22-23H2,1H3. The van der Waals surface area contributed by atoms with Crippen LogP contribution in [0.15, 0.2) is 115 Å². The highest BCUT2D eigenvalue weighted by atomic mass is 16.5. The topological polar surface area (TPSA) is 66.9 Å². The molecule has 0 radical (unpaired) electrons. The molecule has 1 aliphatic rings. The van der Waals surface area contributed by atoms with Crippen molar-refractivity contribution in [2.45, 2.75) is 6.42 Å². The van der Waals surface area contributed by atoms with E-state index < -0.39 is 0 Å². The minimum Gasteiger partial charge on any atom is -0.495 e. The molecule has 0 saturated heterocycles. The number of imide groups is 1. The van der Waals surface area contributed by atoms with Gasteiger partial charge in [-0.05, 0) is 59.3 Å². The second kappa shape index (κ2) is 11.1. The molecule has 3 amide bonds. The summed E-state index contributed by atoms with van der Waals surface area (Å²) in [7, 11) is 1.57. The number of amides is 3. The van der Waals surface area contributed by atoms with Crippen LogP contribution < -0.4 is 9.64 Å². The largest absolute Gasteiger partial charge is 0.495 e. The van der Waals surface area contributed by atoms with Gasteiger partial charge in [0, 0.05) is 35.2 Å². The molecule has 202 valence electrons. The monoisotopic (exact) mass is 540 g/mol. The van der Waals surface area contributed by atoms with Gasteiger partial charge in [0.25, 0.3) is 17.7 Å². The molecule has 1 aliphatic heterocycles. The van der Waals surface area contributed by atoms with Crippen molar-refractivity contribution in [3.05, 3.63) is 132 Å². The molecule has 6 rings (SSSR count). The van der Waals surface area contributed by atoms with Gasteiger partial charge in [0.05, 0.1) is 12.8 Å². The highest BCUT2D eigenvalue weighted by Crippen LogP contribution is 2.32. The lowest BCUT2D eigenvalue weighted by atomic mass is 9.94. The molecule has 0 unspecified atom stereocenters. The predicted octanol–water partition coefficient (Wildman–Crippen LogP) is 6.85. The maximum absolute atomic E-state index is 13.9. The van der Waals surface area contributed by atoms with Crippen LogP contribution in [0.3, 0.4) is 0 Å². The number of anilines is 1. The summed E-state index contributed by atoms with van der Waals surface area (Å²) in [5.41, 5.74) is 4.28.